The summed E-state index contributed by atoms with van der Waals surface area (Å²) in [6, 6.07) is 9.99. The first-order valence-electron chi connectivity index (χ1n) is 10.3. The van der Waals surface area contributed by atoms with Gasteiger partial charge >= 0.3 is 0 Å². The smallest absolute Gasteiger partial charge is 0.202 e. The van der Waals surface area contributed by atoms with Gasteiger partial charge in [-0.2, -0.15) is 0 Å². The molecule has 164 valence electrons. The molecule has 0 spiro atoms. The van der Waals surface area contributed by atoms with Crippen molar-refractivity contribution < 1.29 is 4.39 Å². The maximum atomic E-state index is 13.5. The normalized spacial score (nSPS) is 13.3. The van der Waals surface area contributed by atoms with Crippen molar-refractivity contribution in [3.05, 3.63) is 53.5 Å². The molecule has 0 amide bonds. The zero-order valence-corrected chi connectivity index (χ0v) is 19.1. The predicted octanol–water partition coefficient (Wildman–Crippen LogP) is 5.07. The monoisotopic (exact) mass is 422 g/mol. The molecule has 0 fully saturated rings. The molecule has 2 aromatic heterocycles. The van der Waals surface area contributed by atoms with Crippen molar-refractivity contribution in [1.82, 2.24) is 19.9 Å². The molecule has 7 heteroatoms. The van der Waals surface area contributed by atoms with Crippen molar-refractivity contribution in [2.45, 2.75) is 47.1 Å². The number of aliphatic imine (C=N–C) groups is 1. The van der Waals surface area contributed by atoms with Gasteiger partial charge in [-0.15, -0.1) is 0 Å². The fraction of sp³-hybridized carbons (Fsp3) is 0.375. The van der Waals surface area contributed by atoms with Crippen molar-refractivity contribution >= 4 is 35.2 Å². The van der Waals surface area contributed by atoms with Crippen molar-refractivity contribution in [3.63, 3.8) is 0 Å². The van der Waals surface area contributed by atoms with E-state index in [4.69, 9.17) is 10.7 Å². The number of halogens is 1. The molecule has 0 unspecified atom stereocenters. The molecular formula is C24H31FN6. The highest BCUT2D eigenvalue weighted by atomic mass is 19.1. The van der Waals surface area contributed by atoms with Crippen molar-refractivity contribution in [1.29, 1.82) is 0 Å². The van der Waals surface area contributed by atoms with Crippen LogP contribution in [0.3, 0.4) is 0 Å². The number of anilines is 1. The van der Waals surface area contributed by atoms with Gasteiger partial charge in [-0.3, -0.25) is 9.56 Å². The fourth-order valence-electron chi connectivity index (χ4n) is 3.35. The van der Waals surface area contributed by atoms with E-state index in [9.17, 15) is 4.39 Å². The molecule has 0 bridgehead atoms. The summed E-state index contributed by atoms with van der Waals surface area (Å²) in [5.74, 6) is 0.112. The molecule has 31 heavy (non-hydrogen) atoms. The van der Waals surface area contributed by atoms with Crippen LogP contribution in [0, 0.1) is 11.2 Å². The van der Waals surface area contributed by atoms with Crippen LogP contribution in [0.15, 0.2) is 41.4 Å². The average molecular weight is 423 g/mol. The molecular weight excluding hydrogens is 391 g/mol. The van der Waals surface area contributed by atoms with Gasteiger partial charge in [-0.1, -0.05) is 20.8 Å². The highest BCUT2D eigenvalue weighted by Gasteiger charge is 2.23. The maximum Gasteiger partial charge on any atom is 0.202 e. The number of rotatable bonds is 5. The highest BCUT2D eigenvalue weighted by molar-refractivity contribution is 5.91. The predicted molar refractivity (Wildman–Crippen MR) is 127 cm³/mol. The molecule has 0 saturated carbocycles. The number of fused-ring (bicyclic) bond motifs is 1. The third kappa shape index (κ3) is 4.93. The maximum absolute atomic E-state index is 13.5. The van der Waals surface area contributed by atoms with Gasteiger partial charge in [0.2, 0.25) is 5.95 Å². The lowest BCUT2D eigenvalue weighted by Crippen LogP contribution is -2.27. The minimum Gasteiger partial charge on any atom is -0.381 e. The van der Waals surface area contributed by atoms with Gasteiger partial charge in [0.25, 0.3) is 0 Å². The van der Waals surface area contributed by atoms with Crippen LogP contribution < -0.4 is 11.1 Å². The quantitative estimate of drug-likeness (QED) is 0.563. The van der Waals surface area contributed by atoms with Gasteiger partial charge in [0.15, 0.2) is 5.65 Å². The lowest BCUT2D eigenvalue weighted by Gasteiger charge is -2.24. The topological polar surface area (TPSA) is 81.1 Å². The van der Waals surface area contributed by atoms with Gasteiger partial charge in [-0.05, 0) is 69.3 Å². The standard InChI is InChI=1S/C24H31FN6/c1-23(2,3)14-28-20(19(27-7)15-8-10-16(25)11-9-15)17-12-13-18-21(29-17)31(22(26)30-18)24(4,5)6/h8-13,28H,7,14H2,1-6H3,(H2,26,30)/b20-19-. The molecule has 2 heterocycles. The molecule has 0 atom stereocenters. The Morgan fingerprint density at radius 1 is 1.06 bits per heavy atom. The Labute approximate surface area is 183 Å². The minimum atomic E-state index is -0.305. The van der Waals surface area contributed by atoms with Crippen LogP contribution in [0.4, 0.5) is 10.3 Å². The number of nitrogens with two attached hydrogens (primary N) is 1. The summed E-state index contributed by atoms with van der Waals surface area (Å²) >= 11 is 0. The number of nitrogen functional groups attached to an aromatic ring is 1. The number of nitrogens with one attached hydrogen (secondary N) is 1. The Kier molecular flexibility index (Phi) is 5.89. The Hall–Kier alpha value is -3.22. The number of hydrogen-bond donors (Lipinski definition) is 2. The number of hydrogen-bond acceptors (Lipinski definition) is 5. The van der Waals surface area contributed by atoms with E-state index in [2.05, 4.69) is 63.6 Å². The summed E-state index contributed by atoms with van der Waals surface area (Å²) in [5.41, 5.74) is 10.1. The number of benzene rings is 1. The van der Waals surface area contributed by atoms with Gasteiger partial charge in [-0.25, -0.2) is 14.4 Å². The Bertz CT molecular complexity index is 1130. The van der Waals surface area contributed by atoms with Crippen LogP contribution in [0.25, 0.3) is 22.6 Å². The largest absolute Gasteiger partial charge is 0.381 e. The van der Waals surface area contributed by atoms with Crippen molar-refractivity contribution in [3.8, 4) is 0 Å². The SMILES string of the molecule is C=N/C(=C(\NCC(C)(C)C)c1ccc2nc(N)n(C(C)(C)C)c2n1)c1ccc(F)cc1. The van der Waals surface area contributed by atoms with Crippen molar-refractivity contribution in [2.24, 2.45) is 10.4 Å². The second-order valence-electron chi connectivity index (χ2n) is 9.82. The third-order valence-electron chi connectivity index (χ3n) is 4.77. The molecule has 0 aliphatic rings. The number of pyridine rings is 1. The van der Waals surface area contributed by atoms with Crippen LogP contribution in [-0.4, -0.2) is 27.8 Å². The fourth-order valence-corrected chi connectivity index (χ4v) is 3.35. The van der Waals surface area contributed by atoms with E-state index in [1.807, 2.05) is 16.7 Å². The first-order valence-corrected chi connectivity index (χ1v) is 10.3. The first kappa shape index (κ1) is 22.5. The van der Waals surface area contributed by atoms with Gasteiger partial charge in [0.05, 0.1) is 17.1 Å². The average Bonchev–Trinajstić information content (AvgIpc) is 3.00. The van der Waals surface area contributed by atoms with E-state index >= 15 is 0 Å². The van der Waals surface area contributed by atoms with E-state index < -0.39 is 0 Å². The van der Waals surface area contributed by atoms with E-state index in [-0.39, 0.29) is 16.8 Å². The first-order chi connectivity index (χ1) is 14.4. The van der Waals surface area contributed by atoms with E-state index in [1.165, 1.54) is 12.1 Å². The van der Waals surface area contributed by atoms with Gasteiger partial charge in [0.1, 0.15) is 11.3 Å². The molecule has 0 aliphatic heterocycles. The van der Waals surface area contributed by atoms with E-state index in [0.29, 0.717) is 29.5 Å². The summed E-state index contributed by atoms with van der Waals surface area (Å²) in [4.78, 5) is 13.7. The third-order valence-corrected chi connectivity index (χ3v) is 4.77. The Balaban J connectivity index is 2.25. The second kappa shape index (κ2) is 8.13. The molecule has 0 radical (unpaired) electrons. The summed E-state index contributed by atoms with van der Waals surface area (Å²) in [6.45, 7) is 17.0. The lowest BCUT2D eigenvalue weighted by atomic mass is 9.96. The number of aromatic nitrogens is 3. The zero-order chi connectivity index (χ0) is 23.0. The summed E-state index contributed by atoms with van der Waals surface area (Å²) in [5, 5.41) is 3.50. The lowest BCUT2D eigenvalue weighted by molar-refractivity contribution is 0.405. The van der Waals surface area contributed by atoms with Crippen LogP contribution >= 0.6 is 0 Å². The summed E-state index contributed by atoms with van der Waals surface area (Å²) in [6.07, 6.45) is 0. The summed E-state index contributed by atoms with van der Waals surface area (Å²) in [7, 11) is 0. The van der Waals surface area contributed by atoms with Crippen LogP contribution in [0.5, 0.6) is 0 Å². The molecule has 1 aromatic carbocycles. The summed E-state index contributed by atoms with van der Waals surface area (Å²) < 4.78 is 15.4. The van der Waals surface area contributed by atoms with Crippen molar-refractivity contribution in [2.75, 3.05) is 12.3 Å². The van der Waals surface area contributed by atoms with E-state index in [1.54, 1.807) is 12.1 Å². The molecule has 0 aliphatic carbocycles. The molecule has 6 nitrogen and oxygen atoms in total. The van der Waals surface area contributed by atoms with E-state index in [0.717, 1.165) is 16.8 Å². The number of imidazole rings is 1. The Morgan fingerprint density at radius 3 is 2.26 bits per heavy atom. The minimum absolute atomic E-state index is 0.0159. The number of nitrogens with zero attached hydrogens (tertiary/aromatic N) is 4. The Morgan fingerprint density at radius 2 is 1.71 bits per heavy atom. The molecule has 3 aromatic rings. The second-order valence-corrected chi connectivity index (χ2v) is 9.82. The van der Waals surface area contributed by atoms with Gasteiger partial charge in [0, 0.05) is 17.6 Å². The van der Waals surface area contributed by atoms with Crippen LogP contribution in [0.2, 0.25) is 0 Å². The molecule has 0 saturated heterocycles. The zero-order valence-electron chi connectivity index (χ0n) is 19.1. The molecule has 3 N–H and O–H groups in total. The van der Waals surface area contributed by atoms with Gasteiger partial charge < -0.3 is 11.1 Å². The highest BCUT2D eigenvalue weighted by Crippen LogP contribution is 2.30. The molecule has 3 rings (SSSR count). The van der Waals surface area contributed by atoms with Crippen LogP contribution in [-0.2, 0) is 5.54 Å². The van der Waals surface area contributed by atoms with Crippen LogP contribution in [0.1, 0.15) is 52.8 Å².